The summed E-state index contributed by atoms with van der Waals surface area (Å²) in [5.41, 5.74) is 2.73. The molecule has 0 bridgehead atoms. The molecular formula is C14H22F18IrN2P3S2. The quantitative estimate of drug-likeness (QED) is 0.196. The van der Waals surface area contributed by atoms with E-state index in [9.17, 15) is 75.5 Å². The van der Waals surface area contributed by atoms with Gasteiger partial charge in [-0.1, -0.05) is 50.2 Å². The van der Waals surface area contributed by atoms with E-state index in [2.05, 4.69) is 13.8 Å². The molecule has 0 radical (unpaired) electrons. The van der Waals surface area contributed by atoms with Crippen LogP contribution < -0.4 is 0 Å². The minimum absolute atomic E-state index is 0. The van der Waals surface area contributed by atoms with Crippen LogP contribution >= 0.6 is 46.9 Å². The number of rotatable bonds is 6. The summed E-state index contributed by atoms with van der Waals surface area (Å²) in [5.74, 6) is 2.17. The maximum atomic E-state index is 9.87. The number of aliphatic imine (C=N–C) groups is 2. The van der Waals surface area contributed by atoms with Gasteiger partial charge in [0.2, 0.25) is 0 Å². The zero-order valence-electron chi connectivity index (χ0n) is 19.8. The first kappa shape index (κ1) is 44.9. The van der Waals surface area contributed by atoms with Crippen molar-refractivity contribution in [2.75, 3.05) is 11.5 Å². The monoisotopic (exact) mass is 910 g/mol. The largest absolute Gasteiger partial charge is 3.00 e. The van der Waals surface area contributed by atoms with E-state index >= 15 is 0 Å². The molecule has 0 aromatic carbocycles. The molecule has 0 atom stereocenters. The van der Waals surface area contributed by atoms with E-state index < -0.39 is 23.4 Å². The first-order valence-corrected chi connectivity index (χ1v) is 18.1. The van der Waals surface area contributed by atoms with Crippen molar-refractivity contribution >= 4 is 58.4 Å². The number of unbranched alkanes of at least 4 members (excludes halogenated alkanes) is 2. The van der Waals surface area contributed by atoms with Crippen molar-refractivity contribution in [1.82, 2.24) is 0 Å². The van der Waals surface area contributed by atoms with Crippen molar-refractivity contribution < 1.29 is 95.6 Å². The molecule has 2 nitrogen and oxygen atoms in total. The van der Waals surface area contributed by atoms with Crippen LogP contribution in [0.25, 0.3) is 0 Å². The number of hydrogen-bond donors (Lipinski definition) is 0. The van der Waals surface area contributed by atoms with Crippen LogP contribution in [-0.2, 0) is 20.1 Å². The van der Waals surface area contributed by atoms with E-state index in [4.69, 9.17) is 9.98 Å². The molecule has 0 fully saturated rings. The Balaban J connectivity index is -0.000000521. The Bertz CT molecular complexity index is 815. The van der Waals surface area contributed by atoms with Gasteiger partial charge in [-0.15, -0.1) is 0 Å². The Hall–Kier alpha value is 0.459. The van der Waals surface area contributed by atoms with Crippen LogP contribution in [0, 0.1) is 0 Å². The zero-order chi connectivity index (χ0) is 32.0. The number of halogens is 18. The molecule has 0 amide bonds. The molecule has 2 heterocycles. The Kier molecular flexibility index (Phi) is 13.6. The second-order valence-electron chi connectivity index (χ2n) is 7.63. The first-order chi connectivity index (χ1) is 16.2. The Morgan fingerprint density at radius 2 is 0.700 bits per heavy atom. The van der Waals surface area contributed by atoms with Crippen molar-refractivity contribution in [3.8, 4) is 0 Å². The molecule has 0 spiro atoms. The molecule has 26 heteroatoms. The van der Waals surface area contributed by atoms with Crippen LogP contribution in [0.2, 0.25) is 0 Å². The standard InChI is InChI=1S/C14H22N2S2.3F6P.Ir/c1-3-5-7-11-9-17-13(15-11)14-16-12(10-18-14)8-6-4-2;3*1-7(2,3,4,5)6;/h3-10H2,1-2H3;;;;/q;3*-1;+3. The van der Waals surface area contributed by atoms with Gasteiger partial charge in [-0.2, -0.15) is 0 Å². The van der Waals surface area contributed by atoms with Crippen LogP contribution in [0.4, 0.5) is 75.5 Å². The van der Waals surface area contributed by atoms with Crippen molar-refractivity contribution in [2.24, 2.45) is 9.98 Å². The second kappa shape index (κ2) is 12.1. The van der Waals surface area contributed by atoms with E-state index in [1.807, 2.05) is 23.5 Å². The summed E-state index contributed by atoms with van der Waals surface area (Å²) in [6.07, 6.45) is 7.36. The second-order valence-corrected chi connectivity index (χ2v) is 15.3. The number of nitrogens with zero attached hydrogens (tertiary/aromatic N) is 2. The van der Waals surface area contributed by atoms with E-state index in [0.717, 1.165) is 24.3 Å². The van der Waals surface area contributed by atoms with E-state index in [1.54, 1.807) is 0 Å². The van der Waals surface area contributed by atoms with Crippen LogP contribution in [0.5, 0.6) is 0 Å². The summed E-state index contributed by atoms with van der Waals surface area (Å²) in [7, 11) is -32.0. The summed E-state index contributed by atoms with van der Waals surface area (Å²) in [6.45, 7) is 4.47. The van der Waals surface area contributed by atoms with Gasteiger partial charge in [0.1, 0.15) is 10.1 Å². The SMILES string of the molecule is CCCCC1=NC(=C2N=C(CCCC)CS2)SC1.F[P-](F)(F)(F)(F)F.F[P-](F)(F)(F)(F)F.F[P-](F)(F)(F)(F)F.[Ir+3]. The molecule has 250 valence electrons. The third-order valence-corrected chi connectivity index (χ3v) is 5.29. The fraction of sp³-hybridized carbons (Fsp3) is 0.714. The average molecular weight is 910 g/mol. The Morgan fingerprint density at radius 1 is 0.500 bits per heavy atom. The van der Waals surface area contributed by atoms with Gasteiger partial charge in [-0.05, 0) is 25.7 Å². The molecule has 0 aliphatic carbocycles. The molecule has 2 rings (SSSR count). The smallest absolute Gasteiger partial charge is 3.00 e. The first-order valence-electron chi connectivity index (χ1n) is 10.0. The summed E-state index contributed by atoms with van der Waals surface area (Å²) in [6, 6.07) is 0. The van der Waals surface area contributed by atoms with Gasteiger partial charge in [0.25, 0.3) is 0 Å². The molecule has 0 aromatic rings. The third-order valence-electron chi connectivity index (χ3n) is 3.09. The molecule has 40 heavy (non-hydrogen) atoms. The van der Waals surface area contributed by atoms with Gasteiger partial charge in [0.05, 0.1) is 0 Å². The van der Waals surface area contributed by atoms with Gasteiger partial charge < -0.3 is 0 Å². The Labute approximate surface area is 237 Å². The summed E-state index contributed by atoms with van der Waals surface area (Å²) >= 11 is 3.74. The molecule has 2 aliphatic rings. The maximum Gasteiger partial charge on any atom is 3.00 e. The minimum Gasteiger partial charge on any atom is 3.00 e. The van der Waals surface area contributed by atoms with E-state index in [-0.39, 0.29) is 20.1 Å². The van der Waals surface area contributed by atoms with Gasteiger partial charge in [-0.25, -0.2) is 9.98 Å². The van der Waals surface area contributed by atoms with Gasteiger partial charge in [0, 0.05) is 22.9 Å². The molecule has 0 saturated heterocycles. The summed E-state index contributed by atoms with van der Waals surface area (Å²) in [4.78, 5) is 9.51. The molecule has 0 N–H and O–H groups in total. The summed E-state index contributed by atoms with van der Waals surface area (Å²) < 4.78 is 178. The van der Waals surface area contributed by atoms with Crippen LogP contribution in [0.1, 0.15) is 52.4 Å². The van der Waals surface area contributed by atoms with Crippen LogP contribution in [0.3, 0.4) is 0 Å². The number of hydrogen-bond acceptors (Lipinski definition) is 4. The fourth-order valence-electron chi connectivity index (χ4n) is 1.96. The molecular weight excluding hydrogens is 887 g/mol. The predicted molar refractivity (Wildman–Crippen MR) is 127 cm³/mol. The van der Waals surface area contributed by atoms with Gasteiger partial charge in [-0.3, -0.25) is 0 Å². The zero-order valence-corrected chi connectivity index (χ0v) is 26.6. The maximum absolute atomic E-state index is 10.7. The minimum atomic E-state index is -10.7. The molecule has 0 aromatic heterocycles. The van der Waals surface area contributed by atoms with Crippen LogP contribution in [-0.4, -0.2) is 22.9 Å². The van der Waals surface area contributed by atoms with Crippen molar-refractivity contribution in [3.63, 3.8) is 0 Å². The fourth-order valence-corrected chi connectivity index (χ4v) is 4.06. The third kappa shape index (κ3) is 58.2. The predicted octanol–water partition coefficient (Wildman–Crippen LogP) is 15.0. The topological polar surface area (TPSA) is 24.7 Å². The Morgan fingerprint density at radius 3 is 0.875 bits per heavy atom. The molecule has 0 saturated carbocycles. The van der Waals surface area contributed by atoms with Crippen molar-refractivity contribution in [1.29, 1.82) is 0 Å². The van der Waals surface area contributed by atoms with Gasteiger partial charge >= 0.3 is 119 Å². The molecule has 2 aliphatic heterocycles. The summed E-state index contributed by atoms with van der Waals surface area (Å²) in [5, 5.41) is 2.36. The number of thioether (sulfide) groups is 2. The van der Waals surface area contributed by atoms with Crippen molar-refractivity contribution in [2.45, 2.75) is 52.4 Å². The van der Waals surface area contributed by atoms with Crippen molar-refractivity contribution in [3.05, 3.63) is 10.1 Å². The van der Waals surface area contributed by atoms with E-state index in [1.165, 1.54) is 47.2 Å². The van der Waals surface area contributed by atoms with Gasteiger partial charge in [0.15, 0.2) is 0 Å². The normalized spacial score (nSPS) is 22.7. The van der Waals surface area contributed by atoms with Crippen LogP contribution in [0.15, 0.2) is 20.0 Å². The molecule has 0 unspecified atom stereocenters. The van der Waals surface area contributed by atoms with E-state index in [0.29, 0.717) is 0 Å². The average Bonchev–Trinajstić information content (AvgIpc) is 3.18.